The molecule has 4 N–H and O–H groups in total. The molecule has 2 amide bonds. The lowest BCUT2D eigenvalue weighted by Gasteiger charge is -2.13. The number of ether oxygens (including phenoxy) is 1. The topological polar surface area (TPSA) is 108 Å². The van der Waals surface area contributed by atoms with E-state index in [9.17, 15) is 9.59 Å². The normalized spacial score (nSPS) is 11.7. The maximum atomic E-state index is 11.5. The molecule has 1 aromatic rings. The van der Waals surface area contributed by atoms with Crippen LogP contribution in [-0.4, -0.2) is 42.0 Å². The number of aliphatic carboxylic acids is 1. The van der Waals surface area contributed by atoms with E-state index in [1.807, 2.05) is 6.07 Å². The Morgan fingerprint density at radius 3 is 2.74 bits per heavy atom. The highest BCUT2D eigenvalue weighted by Crippen LogP contribution is 2.11. The first-order valence-corrected chi connectivity index (χ1v) is 5.56. The van der Waals surface area contributed by atoms with E-state index in [-0.39, 0.29) is 0 Å². The van der Waals surface area contributed by atoms with Crippen molar-refractivity contribution in [2.45, 2.75) is 12.6 Å². The van der Waals surface area contributed by atoms with Gasteiger partial charge in [0.25, 0.3) is 0 Å². The molecule has 0 saturated carbocycles. The molecule has 0 unspecified atom stereocenters. The van der Waals surface area contributed by atoms with E-state index in [1.54, 1.807) is 25.3 Å². The van der Waals surface area contributed by atoms with Gasteiger partial charge in [-0.3, -0.25) is 0 Å². The highest BCUT2D eigenvalue weighted by atomic mass is 16.5. The molecular formula is C12H16N2O5. The van der Waals surface area contributed by atoms with Crippen LogP contribution in [0.2, 0.25) is 0 Å². The lowest BCUT2D eigenvalue weighted by molar-refractivity contribution is -0.140. The number of amides is 2. The fourth-order valence-corrected chi connectivity index (χ4v) is 1.42. The van der Waals surface area contributed by atoms with E-state index in [0.29, 0.717) is 12.3 Å². The molecule has 0 spiro atoms. The third-order valence-corrected chi connectivity index (χ3v) is 2.28. The van der Waals surface area contributed by atoms with Crippen molar-refractivity contribution in [3.8, 4) is 0 Å². The lowest BCUT2D eigenvalue weighted by Crippen LogP contribution is -2.45. The Hall–Kier alpha value is -2.12. The Labute approximate surface area is 110 Å². The summed E-state index contributed by atoms with van der Waals surface area (Å²) in [4.78, 5) is 22.2. The van der Waals surface area contributed by atoms with Crippen molar-refractivity contribution in [2.75, 3.05) is 19.0 Å². The van der Waals surface area contributed by atoms with Gasteiger partial charge in [-0.25, -0.2) is 9.59 Å². The number of carbonyl (C=O) groups excluding carboxylic acids is 1. The summed E-state index contributed by atoms with van der Waals surface area (Å²) in [7, 11) is 1.56. The summed E-state index contributed by atoms with van der Waals surface area (Å²) in [6.45, 7) is -0.266. The monoisotopic (exact) mass is 268 g/mol. The molecule has 0 aliphatic heterocycles. The van der Waals surface area contributed by atoms with Gasteiger partial charge < -0.3 is 25.6 Å². The zero-order chi connectivity index (χ0) is 14.3. The zero-order valence-corrected chi connectivity index (χ0v) is 10.4. The van der Waals surface area contributed by atoms with Crippen molar-refractivity contribution in [2.24, 2.45) is 0 Å². The van der Waals surface area contributed by atoms with Crippen molar-refractivity contribution in [3.05, 3.63) is 29.8 Å². The predicted octanol–water partition coefficient (Wildman–Crippen LogP) is 0.400. The molecule has 0 heterocycles. The Morgan fingerprint density at radius 1 is 1.42 bits per heavy atom. The van der Waals surface area contributed by atoms with E-state index < -0.39 is 24.6 Å². The maximum absolute atomic E-state index is 11.5. The average molecular weight is 268 g/mol. The highest BCUT2D eigenvalue weighted by Gasteiger charge is 2.18. The Balaban J connectivity index is 2.61. The molecule has 104 valence electrons. The summed E-state index contributed by atoms with van der Waals surface area (Å²) >= 11 is 0. The highest BCUT2D eigenvalue weighted by molar-refractivity contribution is 5.92. The number of rotatable bonds is 6. The van der Waals surface area contributed by atoms with E-state index in [0.717, 1.165) is 5.56 Å². The molecule has 0 aliphatic rings. The Kier molecular flexibility index (Phi) is 5.77. The van der Waals surface area contributed by atoms with Gasteiger partial charge in [-0.1, -0.05) is 12.1 Å². The van der Waals surface area contributed by atoms with Crippen LogP contribution in [-0.2, 0) is 16.1 Å². The lowest BCUT2D eigenvalue weighted by atomic mass is 10.2. The van der Waals surface area contributed by atoms with Gasteiger partial charge >= 0.3 is 12.0 Å². The first-order chi connectivity index (χ1) is 9.06. The van der Waals surface area contributed by atoms with Gasteiger partial charge in [-0.05, 0) is 17.7 Å². The van der Waals surface area contributed by atoms with Crippen molar-refractivity contribution >= 4 is 17.7 Å². The van der Waals surface area contributed by atoms with E-state index >= 15 is 0 Å². The van der Waals surface area contributed by atoms with Crippen LogP contribution < -0.4 is 10.6 Å². The van der Waals surface area contributed by atoms with Crippen LogP contribution in [0, 0.1) is 0 Å². The number of carbonyl (C=O) groups is 2. The summed E-state index contributed by atoms with van der Waals surface area (Å²) in [6, 6.07) is 4.91. The third kappa shape index (κ3) is 4.94. The predicted molar refractivity (Wildman–Crippen MR) is 67.8 cm³/mol. The molecule has 19 heavy (non-hydrogen) atoms. The minimum atomic E-state index is -1.33. The van der Waals surface area contributed by atoms with Crippen molar-refractivity contribution < 1.29 is 24.5 Å². The van der Waals surface area contributed by atoms with Gasteiger partial charge in [0, 0.05) is 12.8 Å². The number of aliphatic hydroxyl groups is 1. The van der Waals surface area contributed by atoms with E-state index in [1.165, 1.54) is 0 Å². The smallest absolute Gasteiger partial charge is 0.328 e. The molecule has 0 fully saturated rings. The standard InChI is InChI=1S/C12H16N2O5/c1-19-7-8-3-2-4-9(5-8)13-12(18)14-10(6-15)11(16)17/h2-5,10,15H,6-7H2,1H3,(H,16,17)(H2,13,14,18)/t10-/m1/s1. The molecule has 1 rings (SSSR count). The Morgan fingerprint density at radius 2 is 2.16 bits per heavy atom. The summed E-state index contributed by atoms with van der Waals surface area (Å²) in [5.74, 6) is -1.30. The summed E-state index contributed by atoms with van der Waals surface area (Å²) in [5.41, 5.74) is 1.38. The molecule has 0 radical (unpaired) electrons. The minimum Gasteiger partial charge on any atom is -0.480 e. The van der Waals surface area contributed by atoms with Gasteiger partial charge in [-0.15, -0.1) is 0 Å². The summed E-state index contributed by atoms with van der Waals surface area (Å²) < 4.78 is 4.96. The SMILES string of the molecule is COCc1cccc(NC(=O)N[C@H](CO)C(=O)O)c1. The van der Waals surface area contributed by atoms with E-state index in [4.69, 9.17) is 14.9 Å². The number of anilines is 1. The number of methoxy groups -OCH3 is 1. The quantitative estimate of drug-likeness (QED) is 0.597. The Bertz CT molecular complexity index is 450. The number of urea groups is 1. The number of hydrogen-bond donors (Lipinski definition) is 4. The van der Waals surface area contributed by atoms with Gasteiger partial charge in [0.2, 0.25) is 0 Å². The number of nitrogens with one attached hydrogen (secondary N) is 2. The average Bonchev–Trinajstić information content (AvgIpc) is 2.36. The molecule has 0 saturated heterocycles. The molecule has 7 heteroatoms. The second kappa shape index (κ2) is 7.34. The minimum absolute atomic E-state index is 0.408. The molecule has 1 atom stereocenters. The largest absolute Gasteiger partial charge is 0.480 e. The third-order valence-electron chi connectivity index (χ3n) is 2.28. The van der Waals surface area contributed by atoms with Crippen molar-refractivity contribution in [1.82, 2.24) is 5.32 Å². The van der Waals surface area contributed by atoms with E-state index in [2.05, 4.69) is 10.6 Å². The summed E-state index contributed by atoms with van der Waals surface area (Å²) in [6.07, 6.45) is 0. The molecule has 1 aromatic carbocycles. The van der Waals surface area contributed by atoms with Gasteiger partial charge in [0.15, 0.2) is 6.04 Å². The molecule has 0 aromatic heterocycles. The fourth-order valence-electron chi connectivity index (χ4n) is 1.42. The molecular weight excluding hydrogens is 252 g/mol. The van der Waals surface area contributed by atoms with Gasteiger partial charge in [0.05, 0.1) is 13.2 Å². The number of benzene rings is 1. The van der Waals surface area contributed by atoms with Crippen LogP contribution >= 0.6 is 0 Å². The molecule has 7 nitrogen and oxygen atoms in total. The fraction of sp³-hybridized carbons (Fsp3) is 0.333. The van der Waals surface area contributed by atoms with Crippen LogP contribution in [0.25, 0.3) is 0 Å². The van der Waals surface area contributed by atoms with Gasteiger partial charge in [0.1, 0.15) is 0 Å². The van der Waals surface area contributed by atoms with Crippen LogP contribution in [0.15, 0.2) is 24.3 Å². The van der Waals surface area contributed by atoms with Crippen LogP contribution in [0.4, 0.5) is 10.5 Å². The summed E-state index contributed by atoms with van der Waals surface area (Å²) in [5, 5.41) is 22.1. The number of carboxylic acids is 1. The maximum Gasteiger partial charge on any atom is 0.328 e. The van der Waals surface area contributed by atoms with Crippen LogP contribution in [0.1, 0.15) is 5.56 Å². The second-order valence-electron chi connectivity index (χ2n) is 3.81. The number of carboxylic acid groups (broad SMARTS) is 1. The first-order valence-electron chi connectivity index (χ1n) is 5.56. The van der Waals surface area contributed by atoms with Gasteiger partial charge in [-0.2, -0.15) is 0 Å². The van der Waals surface area contributed by atoms with Crippen molar-refractivity contribution in [3.63, 3.8) is 0 Å². The van der Waals surface area contributed by atoms with Crippen LogP contribution in [0.3, 0.4) is 0 Å². The number of hydrogen-bond acceptors (Lipinski definition) is 4. The van der Waals surface area contributed by atoms with Crippen LogP contribution in [0.5, 0.6) is 0 Å². The number of aliphatic hydroxyl groups excluding tert-OH is 1. The second-order valence-corrected chi connectivity index (χ2v) is 3.81. The molecule has 0 aliphatic carbocycles. The molecule has 0 bridgehead atoms. The first kappa shape index (κ1) is 14.9. The zero-order valence-electron chi connectivity index (χ0n) is 10.4. The van der Waals surface area contributed by atoms with Crippen molar-refractivity contribution in [1.29, 1.82) is 0 Å².